The lowest BCUT2D eigenvalue weighted by Crippen LogP contribution is -2.14. The van der Waals surface area contributed by atoms with Crippen LogP contribution in [0.2, 0.25) is 0 Å². The minimum atomic E-state index is -1.26. The van der Waals surface area contributed by atoms with E-state index in [2.05, 4.69) is 0 Å². The highest BCUT2D eigenvalue weighted by Gasteiger charge is 2.38. The summed E-state index contributed by atoms with van der Waals surface area (Å²) < 4.78 is 1.12. The van der Waals surface area contributed by atoms with Gasteiger partial charge in [-0.15, -0.1) is 0 Å². The molecule has 0 saturated heterocycles. The van der Waals surface area contributed by atoms with E-state index >= 15 is 0 Å². The van der Waals surface area contributed by atoms with Crippen LogP contribution in [-0.4, -0.2) is 26.8 Å². The fourth-order valence-electron chi connectivity index (χ4n) is 2.97. The van der Waals surface area contributed by atoms with E-state index < -0.39 is 11.9 Å². The summed E-state index contributed by atoms with van der Waals surface area (Å²) in [6.45, 7) is 0. The molecule has 0 amide bonds. The monoisotopic (exact) mass is 259 g/mol. The van der Waals surface area contributed by atoms with Gasteiger partial charge in [-0.3, -0.25) is 0 Å². The van der Waals surface area contributed by atoms with Gasteiger partial charge in [0.1, 0.15) is 0 Å². The van der Waals surface area contributed by atoms with E-state index in [-0.39, 0.29) is 11.1 Å². The molecule has 1 aliphatic heterocycles. The molecule has 1 heterocycles. The number of nitrogens with zero attached hydrogens (tertiary/aromatic N) is 1. The number of hydrogen-bond donors (Lipinski definition) is 3. The largest absolute Gasteiger partial charge is 0.478 e. The summed E-state index contributed by atoms with van der Waals surface area (Å²) in [5, 5.41) is 18.6. The van der Waals surface area contributed by atoms with Crippen LogP contribution in [0, 0.1) is 5.53 Å². The summed E-state index contributed by atoms with van der Waals surface area (Å²) in [4.78, 5) is 22.8. The van der Waals surface area contributed by atoms with Crippen molar-refractivity contribution in [2.24, 2.45) is 0 Å². The standard InChI is InChI=1S/C13H10N2O4/c14-15-5-4-8-10(13(18)19)9(12(16)17)6-2-1-3-7(6)11(8)15/h4-5,14H,1-3H2,(H-,16,17,18,19)/p+1. The molecule has 6 nitrogen and oxygen atoms in total. The molecule has 0 atom stereocenters. The SMILES string of the molecule is N=[N+]1C=Cc2c(C(=O)O)c(C(=O)O)c3c(c21)CCC3. The Balaban J connectivity index is 2.48. The van der Waals surface area contributed by atoms with Crippen molar-refractivity contribution in [2.45, 2.75) is 19.3 Å². The molecular weight excluding hydrogens is 248 g/mol. The van der Waals surface area contributed by atoms with Crippen LogP contribution < -0.4 is 0 Å². The third-order valence-electron chi connectivity index (χ3n) is 3.64. The molecular formula is C13H11N2O4+. The van der Waals surface area contributed by atoms with E-state index in [4.69, 9.17) is 5.53 Å². The van der Waals surface area contributed by atoms with Gasteiger partial charge < -0.3 is 10.2 Å². The van der Waals surface area contributed by atoms with Gasteiger partial charge in [0.05, 0.1) is 16.7 Å². The second-order valence-corrected chi connectivity index (χ2v) is 4.62. The summed E-state index contributed by atoms with van der Waals surface area (Å²) in [7, 11) is 0. The third kappa shape index (κ3) is 1.43. The Morgan fingerprint density at radius 1 is 1.11 bits per heavy atom. The van der Waals surface area contributed by atoms with Crippen LogP contribution in [-0.2, 0) is 12.8 Å². The quantitative estimate of drug-likeness (QED) is 0.709. The molecule has 0 fully saturated rings. The Hall–Kier alpha value is -2.50. The van der Waals surface area contributed by atoms with E-state index in [0.29, 0.717) is 29.7 Å². The van der Waals surface area contributed by atoms with Crippen LogP contribution in [0.25, 0.3) is 6.08 Å². The molecule has 3 rings (SSSR count). The van der Waals surface area contributed by atoms with Crippen molar-refractivity contribution in [1.82, 2.24) is 0 Å². The van der Waals surface area contributed by atoms with Crippen LogP contribution >= 0.6 is 0 Å². The number of hydrogen-bond acceptors (Lipinski definition) is 3. The van der Waals surface area contributed by atoms with E-state index in [1.165, 1.54) is 12.3 Å². The van der Waals surface area contributed by atoms with Crippen molar-refractivity contribution in [1.29, 1.82) is 5.53 Å². The van der Waals surface area contributed by atoms with Crippen molar-refractivity contribution >= 4 is 23.7 Å². The molecule has 0 unspecified atom stereocenters. The van der Waals surface area contributed by atoms with Crippen molar-refractivity contribution < 1.29 is 24.5 Å². The third-order valence-corrected chi connectivity index (χ3v) is 3.64. The van der Waals surface area contributed by atoms with Crippen LogP contribution in [0.4, 0.5) is 5.69 Å². The highest BCUT2D eigenvalue weighted by atomic mass is 16.4. The van der Waals surface area contributed by atoms with Crippen LogP contribution in [0.1, 0.15) is 43.8 Å². The molecule has 0 saturated carbocycles. The fourth-order valence-corrected chi connectivity index (χ4v) is 2.97. The Bertz CT molecular complexity index is 689. The highest BCUT2D eigenvalue weighted by molar-refractivity contribution is 6.07. The highest BCUT2D eigenvalue weighted by Crippen LogP contribution is 2.42. The predicted octanol–water partition coefficient (Wildman–Crippen LogP) is 2.23. The average molecular weight is 259 g/mol. The Morgan fingerprint density at radius 2 is 1.74 bits per heavy atom. The molecule has 96 valence electrons. The summed E-state index contributed by atoms with van der Waals surface area (Å²) in [6.07, 6.45) is 4.98. The molecule has 0 radical (unpaired) electrons. The first-order valence-electron chi connectivity index (χ1n) is 5.89. The van der Waals surface area contributed by atoms with E-state index in [1.54, 1.807) is 0 Å². The summed E-state index contributed by atoms with van der Waals surface area (Å²) >= 11 is 0. The lowest BCUT2D eigenvalue weighted by atomic mass is 9.91. The molecule has 19 heavy (non-hydrogen) atoms. The number of carbonyl (C=O) groups is 2. The van der Waals surface area contributed by atoms with E-state index in [0.717, 1.165) is 16.7 Å². The molecule has 2 aliphatic rings. The van der Waals surface area contributed by atoms with Crippen LogP contribution in [0.3, 0.4) is 0 Å². The zero-order valence-corrected chi connectivity index (χ0v) is 9.93. The second-order valence-electron chi connectivity index (χ2n) is 4.62. The molecule has 0 spiro atoms. The van der Waals surface area contributed by atoms with Gasteiger partial charge in [-0.05, 0) is 30.4 Å². The van der Waals surface area contributed by atoms with Gasteiger partial charge in [0.2, 0.25) is 11.9 Å². The van der Waals surface area contributed by atoms with Gasteiger partial charge in [0.15, 0.2) is 0 Å². The number of benzene rings is 1. The van der Waals surface area contributed by atoms with Crippen molar-refractivity contribution in [3.8, 4) is 0 Å². The Labute approximate surface area is 108 Å². The number of carboxylic acid groups (broad SMARTS) is 2. The number of aromatic carboxylic acids is 2. The molecule has 6 heteroatoms. The zero-order valence-electron chi connectivity index (χ0n) is 9.93. The van der Waals surface area contributed by atoms with Gasteiger partial charge in [-0.2, -0.15) is 0 Å². The first kappa shape index (κ1) is 11.6. The minimum absolute atomic E-state index is 0.112. The predicted molar refractivity (Wildman–Crippen MR) is 64.1 cm³/mol. The van der Waals surface area contributed by atoms with E-state index in [9.17, 15) is 19.8 Å². The number of fused-ring (bicyclic) bond motifs is 3. The molecule has 1 aromatic carbocycles. The summed E-state index contributed by atoms with van der Waals surface area (Å²) in [5.74, 6) is -2.47. The summed E-state index contributed by atoms with van der Waals surface area (Å²) in [5.41, 5.74) is 9.73. The first-order valence-corrected chi connectivity index (χ1v) is 5.89. The van der Waals surface area contributed by atoms with Crippen molar-refractivity contribution in [3.05, 3.63) is 34.0 Å². The van der Waals surface area contributed by atoms with Crippen molar-refractivity contribution in [2.75, 3.05) is 0 Å². The zero-order chi connectivity index (χ0) is 13.7. The normalized spacial score (nSPS) is 15.5. The van der Waals surface area contributed by atoms with Crippen LogP contribution in [0.5, 0.6) is 0 Å². The lowest BCUT2D eigenvalue weighted by molar-refractivity contribution is -0.461. The van der Waals surface area contributed by atoms with E-state index in [1.807, 2.05) is 0 Å². The van der Waals surface area contributed by atoms with Crippen LogP contribution in [0.15, 0.2) is 6.20 Å². The van der Waals surface area contributed by atoms with Gasteiger partial charge in [0, 0.05) is 11.6 Å². The number of rotatable bonds is 2. The Kier molecular flexibility index (Phi) is 2.28. The fraction of sp³-hybridized carbons (Fsp3) is 0.231. The maximum atomic E-state index is 11.4. The lowest BCUT2D eigenvalue weighted by Gasteiger charge is -2.11. The van der Waals surface area contributed by atoms with Gasteiger partial charge >= 0.3 is 11.9 Å². The molecule has 3 N–H and O–H groups in total. The number of carboxylic acids is 2. The smallest absolute Gasteiger partial charge is 0.337 e. The average Bonchev–Trinajstić information content (AvgIpc) is 2.92. The maximum Gasteiger partial charge on any atom is 0.337 e. The topological polar surface area (TPSA) is 101 Å². The molecule has 1 aliphatic carbocycles. The van der Waals surface area contributed by atoms with Gasteiger partial charge in [-0.25, -0.2) is 9.59 Å². The maximum absolute atomic E-state index is 11.4. The Morgan fingerprint density at radius 3 is 2.37 bits per heavy atom. The molecule has 0 bridgehead atoms. The summed E-state index contributed by atoms with van der Waals surface area (Å²) in [6, 6.07) is 0. The van der Waals surface area contributed by atoms with Gasteiger partial charge in [0.25, 0.3) is 0 Å². The minimum Gasteiger partial charge on any atom is -0.478 e. The second kappa shape index (κ2) is 3.74. The first-order chi connectivity index (χ1) is 9.02. The van der Waals surface area contributed by atoms with Crippen molar-refractivity contribution in [3.63, 3.8) is 0 Å². The molecule has 1 aromatic rings. The van der Waals surface area contributed by atoms with Gasteiger partial charge in [-0.1, -0.05) is 4.70 Å². The number of nitrogens with one attached hydrogen (secondary N) is 1. The molecule has 0 aromatic heterocycles.